The maximum absolute atomic E-state index is 5.44. The van der Waals surface area contributed by atoms with Gasteiger partial charge in [0.1, 0.15) is 11.3 Å². The monoisotopic (exact) mass is 258 g/mol. The van der Waals surface area contributed by atoms with Crippen LogP contribution in [0.2, 0.25) is 0 Å². The van der Waals surface area contributed by atoms with E-state index in [-0.39, 0.29) is 0 Å². The van der Waals surface area contributed by atoms with E-state index < -0.39 is 0 Å². The van der Waals surface area contributed by atoms with Crippen molar-refractivity contribution in [3.63, 3.8) is 0 Å². The number of hydrogen-bond acceptors (Lipinski definition) is 1. The van der Waals surface area contributed by atoms with E-state index in [9.17, 15) is 0 Å². The summed E-state index contributed by atoms with van der Waals surface area (Å²) in [5.74, 6) is 0.974. The lowest BCUT2D eigenvalue weighted by molar-refractivity contribution is 0.578. The number of halogens is 1. The topological polar surface area (TPSA) is 13.1 Å². The van der Waals surface area contributed by atoms with Gasteiger partial charge in [0.25, 0.3) is 0 Å². The molecule has 2 heteroatoms. The highest BCUT2D eigenvalue weighted by atomic mass is 127. The molecule has 0 saturated heterocycles. The Hall–Kier alpha value is -0.510. The normalized spacial score (nSPS) is 10.7. The fourth-order valence-electron chi connectivity index (χ4n) is 1.14. The molecule has 1 aromatic heterocycles. The predicted molar refractivity (Wildman–Crippen MR) is 53.7 cm³/mol. The summed E-state index contributed by atoms with van der Waals surface area (Å²) in [6.07, 6.45) is 0. The molecular formula is C9H7IO. The highest BCUT2D eigenvalue weighted by Gasteiger charge is 1.98. The van der Waals surface area contributed by atoms with E-state index in [2.05, 4.69) is 34.7 Å². The third kappa shape index (κ3) is 1.27. The number of furan rings is 1. The fraction of sp³-hybridized carbons (Fsp3) is 0.111. The first kappa shape index (κ1) is 7.16. The fourth-order valence-corrected chi connectivity index (χ4v) is 1.60. The minimum absolute atomic E-state index is 0.974. The second-order valence-corrected chi connectivity index (χ2v) is 3.78. The molecule has 0 aliphatic rings. The summed E-state index contributed by atoms with van der Waals surface area (Å²) in [4.78, 5) is 0. The van der Waals surface area contributed by atoms with Gasteiger partial charge in [-0.25, -0.2) is 0 Å². The first-order valence-electron chi connectivity index (χ1n) is 3.41. The van der Waals surface area contributed by atoms with Gasteiger partial charge >= 0.3 is 0 Å². The maximum Gasteiger partial charge on any atom is 0.135 e. The van der Waals surface area contributed by atoms with Crippen LogP contribution in [0.15, 0.2) is 28.7 Å². The van der Waals surface area contributed by atoms with Crippen LogP contribution in [0, 0.1) is 10.5 Å². The van der Waals surface area contributed by atoms with Crippen LogP contribution in [-0.2, 0) is 0 Å². The molecule has 1 aromatic carbocycles. The Balaban J connectivity index is 2.82. The lowest BCUT2D eigenvalue weighted by atomic mass is 10.2. The quantitative estimate of drug-likeness (QED) is 0.660. The van der Waals surface area contributed by atoms with E-state index in [1.54, 1.807) is 0 Å². The zero-order chi connectivity index (χ0) is 7.84. The van der Waals surface area contributed by atoms with E-state index in [0.29, 0.717) is 0 Å². The van der Waals surface area contributed by atoms with Gasteiger partial charge in [0.05, 0.1) is 0 Å². The van der Waals surface area contributed by atoms with Crippen LogP contribution in [0.25, 0.3) is 11.0 Å². The maximum atomic E-state index is 5.44. The van der Waals surface area contributed by atoms with Crippen molar-refractivity contribution in [2.24, 2.45) is 0 Å². The molecule has 0 atom stereocenters. The van der Waals surface area contributed by atoms with Crippen molar-refractivity contribution in [3.05, 3.63) is 33.6 Å². The summed E-state index contributed by atoms with van der Waals surface area (Å²) in [5, 5.41) is 1.18. The molecule has 0 radical (unpaired) electrons. The molecule has 0 aliphatic heterocycles. The smallest absolute Gasteiger partial charge is 0.135 e. The third-order valence-electron chi connectivity index (χ3n) is 1.61. The number of rotatable bonds is 0. The molecule has 0 aliphatic carbocycles. The Labute approximate surface area is 78.5 Å². The van der Waals surface area contributed by atoms with Gasteiger partial charge in [-0.3, -0.25) is 0 Å². The highest BCUT2D eigenvalue weighted by Crippen LogP contribution is 2.20. The van der Waals surface area contributed by atoms with Gasteiger partial charge in [-0.15, -0.1) is 0 Å². The number of aryl methyl sites for hydroxylation is 1. The molecule has 11 heavy (non-hydrogen) atoms. The minimum Gasteiger partial charge on any atom is -0.461 e. The summed E-state index contributed by atoms with van der Waals surface area (Å²) >= 11 is 2.28. The molecule has 1 heterocycles. The van der Waals surface area contributed by atoms with E-state index in [0.717, 1.165) is 11.3 Å². The Morgan fingerprint density at radius 1 is 1.27 bits per heavy atom. The zero-order valence-corrected chi connectivity index (χ0v) is 8.25. The molecule has 0 spiro atoms. The molecule has 2 rings (SSSR count). The van der Waals surface area contributed by atoms with Crippen molar-refractivity contribution in [2.45, 2.75) is 6.92 Å². The second kappa shape index (κ2) is 2.52. The average molecular weight is 258 g/mol. The summed E-state index contributed by atoms with van der Waals surface area (Å²) in [7, 11) is 0. The van der Waals surface area contributed by atoms with E-state index >= 15 is 0 Å². The van der Waals surface area contributed by atoms with Crippen molar-refractivity contribution in [3.8, 4) is 0 Å². The first-order chi connectivity index (χ1) is 5.25. The molecular weight excluding hydrogens is 251 g/mol. The molecule has 0 unspecified atom stereocenters. The Bertz CT molecular complexity index is 389. The van der Waals surface area contributed by atoms with Crippen LogP contribution < -0.4 is 0 Å². The third-order valence-corrected chi connectivity index (χ3v) is 2.28. The lowest BCUT2D eigenvalue weighted by Gasteiger charge is -1.87. The Kier molecular flexibility index (Phi) is 1.64. The molecule has 0 fully saturated rings. The molecule has 0 amide bonds. The molecule has 0 bridgehead atoms. The van der Waals surface area contributed by atoms with Gasteiger partial charge in [-0.1, -0.05) is 6.07 Å². The largest absolute Gasteiger partial charge is 0.461 e. The van der Waals surface area contributed by atoms with Crippen LogP contribution >= 0.6 is 22.6 Å². The summed E-state index contributed by atoms with van der Waals surface area (Å²) < 4.78 is 6.66. The average Bonchev–Trinajstić information content (AvgIpc) is 2.27. The van der Waals surface area contributed by atoms with E-state index in [1.807, 2.05) is 19.1 Å². The number of hydrogen-bond donors (Lipinski definition) is 0. The van der Waals surface area contributed by atoms with Crippen molar-refractivity contribution in [1.82, 2.24) is 0 Å². The summed E-state index contributed by atoms with van der Waals surface area (Å²) in [6, 6.07) is 8.25. The Morgan fingerprint density at radius 3 is 2.91 bits per heavy atom. The van der Waals surface area contributed by atoms with Crippen molar-refractivity contribution in [1.29, 1.82) is 0 Å². The second-order valence-electron chi connectivity index (χ2n) is 2.54. The molecule has 0 saturated carbocycles. The molecule has 1 nitrogen and oxygen atoms in total. The highest BCUT2D eigenvalue weighted by molar-refractivity contribution is 14.1. The van der Waals surface area contributed by atoms with Gasteiger partial charge in [0.15, 0.2) is 0 Å². The standard InChI is InChI=1S/C9H7IO/c1-6-4-7-2-3-8(10)5-9(7)11-6/h2-5H,1H3. The van der Waals surface area contributed by atoms with Gasteiger partial charge in [-0.2, -0.15) is 0 Å². The number of fused-ring (bicyclic) bond motifs is 1. The summed E-state index contributed by atoms with van der Waals surface area (Å²) in [6.45, 7) is 1.97. The lowest BCUT2D eigenvalue weighted by Crippen LogP contribution is -1.66. The number of benzene rings is 1. The van der Waals surface area contributed by atoms with Gasteiger partial charge < -0.3 is 4.42 Å². The van der Waals surface area contributed by atoms with Crippen molar-refractivity contribution < 1.29 is 4.42 Å². The van der Waals surface area contributed by atoms with Crippen LogP contribution in [0.1, 0.15) is 5.76 Å². The zero-order valence-electron chi connectivity index (χ0n) is 6.10. The summed E-state index contributed by atoms with van der Waals surface area (Å²) in [5.41, 5.74) is 0.981. The first-order valence-corrected chi connectivity index (χ1v) is 4.49. The van der Waals surface area contributed by atoms with Gasteiger partial charge in [0.2, 0.25) is 0 Å². The van der Waals surface area contributed by atoms with Crippen LogP contribution in [-0.4, -0.2) is 0 Å². The van der Waals surface area contributed by atoms with Crippen LogP contribution in [0.5, 0.6) is 0 Å². The van der Waals surface area contributed by atoms with Gasteiger partial charge in [-0.05, 0) is 47.7 Å². The SMILES string of the molecule is Cc1cc2ccc(I)cc2o1. The van der Waals surface area contributed by atoms with Crippen LogP contribution in [0.4, 0.5) is 0 Å². The molecule has 56 valence electrons. The van der Waals surface area contributed by atoms with Crippen molar-refractivity contribution in [2.75, 3.05) is 0 Å². The van der Waals surface area contributed by atoms with Crippen LogP contribution in [0.3, 0.4) is 0 Å². The van der Waals surface area contributed by atoms with E-state index in [4.69, 9.17) is 4.42 Å². The van der Waals surface area contributed by atoms with Gasteiger partial charge in [0, 0.05) is 8.96 Å². The molecule has 2 aromatic rings. The Morgan fingerprint density at radius 2 is 2.09 bits per heavy atom. The predicted octanol–water partition coefficient (Wildman–Crippen LogP) is 3.35. The van der Waals surface area contributed by atoms with E-state index in [1.165, 1.54) is 8.96 Å². The molecule has 0 N–H and O–H groups in total. The van der Waals surface area contributed by atoms with Crippen molar-refractivity contribution >= 4 is 33.6 Å². The minimum atomic E-state index is 0.974.